The Morgan fingerprint density at radius 1 is 1.47 bits per heavy atom. The molecule has 4 nitrogen and oxygen atoms in total. The van der Waals surface area contributed by atoms with Crippen LogP contribution in [0.15, 0.2) is 28.9 Å². The summed E-state index contributed by atoms with van der Waals surface area (Å²) in [5.74, 6) is -0.0398. The molecule has 5 heteroatoms. The van der Waals surface area contributed by atoms with Crippen molar-refractivity contribution in [1.29, 1.82) is 0 Å². The number of hydrogen-bond donors (Lipinski definition) is 1. The Morgan fingerprint density at radius 3 is 2.84 bits per heavy atom. The monoisotopic (exact) mass is 322 g/mol. The number of hydrogen-bond acceptors (Lipinski definition) is 2. The van der Waals surface area contributed by atoms with Gasteiger partial charge in [0.15, 0.2) is 0 Å². The summed E-state index contributed by atoms with van der Waals surface area (Å²) in [6.07, 6.45) is 0.515. The number of rotatable bonds is 4. The summed E-state index contributed by atoms with van der Waals surface area (Å²) in [5, 5.41) is 8.75. The maximum absolute atomic E-state index is 10.6. The van der Waals surface area contributed by atoms with Crippen LogP contribution in [0, 0.1) is 6.92 Å². The van der Waals surface area contributed by atoms with Crippen LogP contribution in [0.3, 0.4) is 0 Å². The van der Waals surface area contributed by atoms with Crippen LogP contribution in [0.2, 0.25) is 0 Å². The molecule has 1 aromatic carbocycles. The van der Waals surface area contributed by atoms with Crippen molar-refractivity contribution in [2.45, 2.75) is 19.8 Å². The lowest BCUT2D eigenvalue weighted by atomic mass is 10.1. The Labute approximate surface area is 120 Å². The number of benzene rings is 1. The highest BCUT2D eigenvalue weighted by Crippen LogP contribution is 2.28. The van der Waals surface area contributed by atoms with Gasteiger partial charge in [-0.1, -0.05) is 23.8 Å². The van der Waals surface area contributed by atoms with Gasteiger partial charge in [-0.15, -0.1) is 0 Å². The molecule has 0 fully saturated rings. The molecule has 0 bridgehead atoms. The molecule has 0 aliphatic heterocycles. The molecule has 0 saturated carbocycles. The molecule has 100 valence electrons. The van der Waals surface area contributed by atoms with E-state index in [0.29, 0.717) is 6.42 Å². The predicted octanol–water partition coefficient (Wildman–Crippen LogP) is 3.18. The maximum atomic E-state index is 10.6. The van der Waals surface area contributed by atoms with Crippen molar-refractivity contribution in [2.24, 2.45) is 7.05 Å². The zero-order valence-electron chi connectivity index (χ0n) is 10.9. The lowest BCUT2D eigenvalue weighted by Crippen LogP contribution is -2.03. The van der Waals surface area contributed by atoms with Crippen molar-refractivity contribution in [3.8, 4) is 11.3 Å². The number of aromatic nitrogens is 2. The minimum absolute atomic E-state index is 0.0878. The third kappa shape index (κ3) is 3.04. The molecular formula is C14H15BrN2O2. The summed E-state index contributed by atoms with van der Waals surface area (Å²) in [4.78, 5) is 15.2. The Hall–Kier alpha value is -1.62. The average molecular weight is 323 g/mol. The molecule has 0 radical (unpaired) electrons. The topological polar surface area (TPSA) is 55.1 Å². The Kier molecular flexibility index (Phi) is 4.04. The average Bonchev–Trinajstić information content (AvgIpc) is 2.64. The maximum Gasteiger partial charge on any atom is 0.303 e. The Morgan fingerprint density at radius 2 is 2.21 bits per heavy atom. The van der Waals surface area contributed by atoms with Gasteiger partial charge < -0.3 is 9.67 Å². The number of aliphatic carboxylic acids is 1. The molecule has 0 aliphatic rings. The van der Waals surface area contributed by atoms with Crippen molar-refractivity contribution in [1.82, 2.24) is 9.55 Å². The minimum atomic E-state index is -0.809. The van der Waals surface area contributed by atoms with Gasteiger partial charge in [-0.25, -0.2) is 4.98 Å². The second-order valence-corrected chi connectivity index (χ2v) is 5.24. The highest BCUT2D eigenvalue weighted by atomic mass is 79.9. The molecule has 0 unspecified atom stereocenters. The van der Waals surface area contributed by atoms with Crippen LogP contribution in [0.25, 0.3) is 11.3 Å². The SMILES string of the molecule is Cc1cccc(-c2nc(CCC(=O)O)n(C)c2Br)c1. The summed E-state index contributed by atoms with van der Waals surface area (Å²) in [7, 11) is 1.88. The molecular weight excluding hydrogens is 308 g/mol. The lowest BCUT2D eigenvalue weighted by Gasteiger charge is -2.00. The fourth-order valence-electron chi connectivity index (χ4n) is 1.94. The molecule has 0 aliphatic carbocycles. The first kappa shape index (κ1) is 13.8. The molecule has 0 spiro atoms. The first-order chi connectivity index (χ1) is 8.99. The molecule has 1 aromatic heterocycles. The van der Waals surface area contributed by atoms with E-state index >= 15 is 0 Å². The number of halogens is 1. The van der Waals surface area contributed by atoms with Gasteiger partial charge in [-0.3, -0.25) is 4.79 Å². The lowest BCUT2D eigenvalue weighted by molar-refractivity contribution is -0.137. The van der Waals surface area contributed by atoms with Crippen LogP contribution in [-0.2, 0) is 18.3 Å². The third-order valence-corrected chi connectivity index (χ3v) is 3.88. The molecule has 2 aromatic rings. The summed E-state index contributed by atoms with van der Waals surface area (Å²) >= 11 is 3.52. The van der Waals surface area contributed by atoms with E-state index in [1.165, 1.54) is 5.56 Å². The van der Waals surface area contributed by atoms with E-state index in [4.69, 9.17) is 5.11 Å². The normalized spacial score (nSPS) is 10.7. The zero-order chi connectivity index (χ0) is 14.0. The van der Waals surface area contributed by atoms with Crippen LogP contribution in [0.1, 0.15) is 17.8 Å². The van der Waals surface area contributed by atoms with Gasteiger partial charge in [0.25, 0.3) is 0 Å². The number of carboxylic acid groups (broad SMARTS) is 1. The van der Waals surface area contributed by atoms with E-state index in [9.17, 15) is 4.79 Å². The molecule has 1 N–H and O–H groups in total. The highest BCUT2D eigenvalue weighted by Gasteiger charge is 2.14. The minimum Gasteiger partial charge on any atom is -0.481 e. The van der Waals surface area contributed by atoms with Gasteiger partial charge >= 0.3 is 5.97 Å². The van der Waals surface area contributed by atoms with Gasteiger partial charge in [0.1, 0.15) is 16.1 Å². The summed E-state index contributed by atoms with van der Waals surface area (Å²) in [6.45, 7) is 2.03. The second kappa shape index (κ2) is 5.57. The molecule has 0 amide bonds. The number of nitrogens with zero attached hydrogens (tertiary/aromatic N) is 2. The van der Waals surface area contributed by atoms with Crippen LogP contribution < -0.4 is 0 Å². The summed E-state index contributed by atoms with van der Waals surface area (Å²) in [6, 6.07) is 8.09. The standard InChI is InChI=1S/C14H15BrN2O2/c1-9-4-3-5-10(8-9)13-14(15)17(2)11(16-13)6-7-12(18)19/h3-5,8H,6-7H2,1-2H3,(H,18,19). The van der Waals surface area contributed by atoms with Gasteiger partial charge in [-0.05, 0) is 28.9 Å². The van der Waals surface area contributed by atoms with E-state index in [0.717, 1.165) is 21.7 Å². The summed E-state index contributed by atoms with van der Waals surface area (Å²) < 4.78 is 2.76. The molecule has 19 heavy (non-hydrogen) atoms. The van der Waals surface area contributed by atoms with E-state index < -0.39 is 5.97 Å². The quantitative estimate of drug-likeness (QED) is 0.940. The van der Waals surface area contributed by atoms with E-state index in [1.54, 1.807) is 0 Å². The fourth-order valence-corrected chi connectivity index (χ4v) is 2.46. The molecule has 0 atom stereocenters. The van der Waals surface area contributed by atoms with Crippen molar-refractivity contribution < 1.29 is 9.90 Å². The van der Waals surface area contributed by atoms with Gasteiger partial charge in [0, 0.05) is 19.0 Å². The van der Waals surface area contributed by atoms with Crippen molar-refractivity contribution >= 4 is 21.9 Å². The van der Waals surface area contributed by atoms with Gasteiger partial charge in [-0.2, -0.15) is 0 Å². The van der Waals surface area contributed by atoms with Crippen LogP contribution in [-0.4, -0.2) is 20.6 Å². The number of aryl methyl sites for hydroxylation is 2. The fraction of sp³-hybridized carbons (Fsp3) is 0.286. The van der Waals surface area contributed by atoms with Crippen molar-refractivity contribution in [3.63, 3.8) is 0 Å². The summed E-state index contributed by atoms with van der Waals surface area (Å²) in [5.41, 5.74) is 3.05. The van der Waals surface area contributed by atoms with E-state index in [1.807, 2.05) is 36.7 Å². The largest absolute Gasteiger partial charge is 0.481 e. The molecule has 1 heterocycles. The first-order valence-corrected chi connectivity index (χ1v) is 6.78. The van der Waals surface area contributed by atoms with Crippen LogP contribution in [0.4, 0.5) is 0 Å². The van der Waals surface area contributed by atoms with Crippen LogP contribution in [0.5, 0.6) is 0 Å². The zero-order valence-corrected chi connectivity index (χ0v) is 12.4. The van der Waals surface area contributed by atoms with Gasteiger partial charge in [0.2, 0.25) is 0 Å². The van der Waals surface area contributed by atoms with Gasteiger partial charge in [0.05, 0.1) is 6.42 Å². The first-order valence-electron chi connectivity index (χ1n) is 5.99. The van der Waals surface area contributed by atoms with Crippen LogP contribution >= 0.6 is 15.9 Å². The number of imidazole rings is 1. The highest BCUT2D eigenvalue weighted by molar-refractivity contribution is 9.10. The Balaban J connectivity index is 2.37. The number of carboxylic acids is 1. The number of carbonyl (C=O) groups is 1. The van der Waals surface area contributed by atoms with Crippen molar-refractivity contribution in [3.05, 3.63) is 40.3 Å². The molecule has 2 rings (SSSR count). The Bertz CT molecular complexity index is 620. The predicted molar refractivity (Wildman–Crippen MR) is 77.0 cm³/mol. The second-order valence-electron chi connectivity index (χ2n) is 4.49. The third-order valence-electron chi connectivity index (χ3n) is 2.97. The van der Waals surface area contributed by atoms with E-state index in [2.05, 4.69) is 27.0 Å². The molecule has 0 saturated heterocycles. The van der Waals surface area contributed by atoms with E-state index in [-0.39, 0.29) is 6.42 Å². The smallest absolute Gasteiger partial charge is 0.303 e. The van der Waals surface area contributed by atoms with Crippen molar-refractivity contribution in [2.75, 3.05) is 0 Å².